The van der Waals surface area contributed by atoms with Gasteiger partial charge in [0.2, 0.25) is 0 Å². The molecule has 0 fully saturated rings. The van der Waals surface area contributed by atoms with Gasteiger partial charge in [0.05, 0.1) is 19.8 Å². The summed E-state index contributed by atoms with van der Waals surface area (Å²) in [6.07, 6.45) is 0.579. The second kappa shape index (κ2) is 6.83. The summed E-state index contributed by atoms with van der Waals surface area (Å²) >= 11 is 0. The maximum absolute atomic E-state index is 13.0. The lowest BCUT2D eigenvalue weighted by atomic mass is 10.0. The van der Waals surface area contributed by atoms with Crippen LogP contribution in [0.3, 0.4) is 0 Å². The third-order valence-corrected chi connectivity index (χ3v) is 4.21. The summed E-state index contributed by atoms with van der Waals surface area (Å²) in [5.74, 6) is 1.33. The number of benzene rings is 2. The molecule has 0 bridgehead atoms. The number of carbonyl (C=O) groups excluding carboxylic acids is 1. The number of para-hydroxylation sites is 2. The largest absolute Gasteiger partial charge is 0.493 e. The molecule has 1 heterocycles. The standard InChI is InChI=1S/C19H22N2O3/c1-4-12-21-18(14-9-7-11-16(23-2)17(14)24-3)20-15-10-6-5-8-13(15)19(21)22/h5-11,18,20H,4,12H2,1-3H3/t18-/m1/s1. The van der Waals surface area contributed by atoms with Crippen molar-refractivity contribution in [3.8, 4) is 11.5 Å². The van der Waals surface area contributed by atoms with E-state index in [1.807, 2.05) is 47.4 Å². The molecule has 0 unspecified atom stereocenters. The van der Waals surface area contributed by atoms with Crippen molar-refractivity contribution < 1.29 is 14.3 Å². The maximum Gasteiger partial charge on any atom is 0.257 e. The van der Waals surface area contributed by atoms with Gasteiger partial charge in [-0.05, 0) is 24.6 Å². The van der Waals surface area contributed by atoms with Crippen LogP contribution in [0.2, 0.25) is 0 Å². The summed E-state index contributed by atoms with van der Waals surface area (Å²) in [6.45, 7) is 2.72. The highest BCUT2D eigenvalue weighted by atomic mass is 16.5. The maximum atomic E-state index is 13.0. The Hall–Kier alpha value is -2.69. The molecule has 5 heteroatoms. The Labute approximate surface area is 142 Å². The average molecular weight is 326 g/mol. The molecule has 0 aromatic heterocycles. The van der Waals surface area contributed by atoms with Crippen LogP contribution in [0.1, 0.15) is 35.4 Å². The molecule has 1 aliphatic rings. The predicted octanol–water partition coefficient (Wildman–Crippen LogP) is 3.68. The van der Waals surface area contributed by atoms with Crippen molar-refractivity contribution in [3.05, 3.63) is 53.6 Å². The van der Waals surface area contributed by atoms with Crippen molar-refractivity contribution in [3.63, 3.8) is 0 Å². The molecule has 1 aliphatic heterocycles. The van der Waals surface area contributed by atoms with Gasteiger partial charge in [-0.25, -0.2) is 0 Å². The number of anilines is 1. The molecule has 126 valence electrons. The van der Waals surface area contributed by atoms with Crippen LogP contribution in [0, 0.1) is 0 Å². The minimum Gasteiger partial charge on any atom is -0.493 e. The van der Waals surface area contributed by atoms with Gasteiger partial charge in [0.25, 0.3) is 5.91 Å². The quantitative estimate of drug-likeness (QED) is 0.910. The Morgan fingerprint density at radius 1 is 1.08 bits per heavy atom. The summed E-state index contributed by atoms with van der Waals surface area (Å²) < 4.78 is 11.0. The molecule has 0 saturated carbocycles. The molecule has 1 atom stereocenters. The van der Waals surface area contributed by atoms with E-state index in [1.54, 1.807) is 14.2 Å². The van der Waals surface area contributed by atoms with E-state index in [9.17, 15) is 4.79 Å². The van der Waals surface area contributed by atoms with Gasteiger partial charge in [0.15, 0.2) is 11.5 Å². The molecule has 1 N–H and O–H groups in total. The number of rotatable bonds is 5. The first kappa shape index (κ1) is 16.2. The van der Waals surface area contributed by atoms with Crippen molar-refractivity contribution >= 4 is 11.6 Å². The van der Waals surface area contributed by atoms with E-state index in [0.29, 0.717) is 23.6 Å². The van der Waals surface area contributed by atoms with Crippen molar-refractivity contribution in [1.29, 1.82) is 0 Å². The number of amides is 1. The molecule has 0 aliphatic carbocycles. The Balaban J connectivity index is 2.11. The number of hydrogen-bond donors (Lipinski definition) is 1. The van der Waals surface area contributed by atoms with Gasteiger partial charge in [-0.1, -0.05) is 31.2 Å². The SMILES string of the molecule is CCCN1C(=O)c2ccccc2N[C@H]1c1cccc(OC)c1OC. The van der Waals surface area contributed by atoms with Crippen LogP contribution in [0.15, 0.2) is 42.5 Å². The lowest BCUT2D eigenvalue weighted by Crippen LogP contribution is -2.43. The van der Waals surface area contributed by atoms with Crippen molar-refractivity contribution in [2.45, 2.75) is 19.5 Å². The molecule has 5 nitrogen and oxygen atoms in total. The second-order valence-electron chi connectivity index (χ2n) is 5.67. The van der Waals surface area contributed by atoms with Crippen LogP contribution in [-0.4, -0.2) is 31.6 Å². The second-order valence-corrected chi connectivity index (χ2v) is 5.67. The number of carbonyl (C=O) groups is 1. The lowest BCUT2D eigenvalue weighted by molar-refractivity contribution is 0.0681. The highest BCUT2D eigenvalue weighted by Crippen LogP contribution is 2.40. The fourth-order valence-electron chi connectivity index (χ4n) is 3.14. The monoisotopic (exact) mass is 326 g/mol. The molecular weight excluding hydrogens is 304 g/mol. The third-order valence-electron chi connectivity index (χ3n) is 4.21. The highest BCUT2D eigenvalue weighted by Gasteiger charge is 2.34. The summed E-state index contributed by atoms with van der Waals surface area (Å²) in [5.41, 5.74) is 2.42. The summed E-state index contributed by atoms with van der Waals surface area (Å²) in [7, 11) is 3.23. The molecular formula is C19H22N2O3. The zero-order valence-corrected chi connectivity index (χ0v) is 14.2. The minimum atomic E-state index is -0.294. The zero-order chi connectivity index (χ0) is 17.1. The fourth-order valence-corrected chi connectivity index (χ4v) is 3.14. The topological polar surface area (TPSA) is 50.8 Å². The lowest BCUT2D eigenvalue weighted by Gasteiger charge is -2.38. The summed E-state index contributed by atoms with van der Waals surface area (Å²) in [6, 6.07) is 13.3. The zero-order valence-electron chi connectivity index (χ0n) is 14.2. The Morgan fingerprint density at radius 3 is 2.58 bits per heavy atom. The fraction of sp³-hybridized carbons (Fsp3) is 0.316. The number of ether oxygens (including phenoxy) is 2. The van der Waals surface area contributed by atoms with Crippen LogP contribution < -0.4 is 14.8 Å². The van der Waals surface area contributed by atoms with Crippen molar-refractivity contribution in [2.24, 2.45) is 0 Å². The Morgan fingerprint density at radius 2 is 1.88 bits per heavy atom. The Kier molecular flexibility index (Phi) is 4.60. The van der Waals surface area contributed by atoms with Gasteiger partial charge in [0, 0.05) is 17.8 Å². The average Bonchev–Trinajstić information content (AvgIpc) is 2.63. The van der Waals surface area contributed by atoms with Crippen LogP contribution in [0.25, 0.3) is 0 Å². The first-order chi connectivity index (χ1) is 11.7. The van der Waals surface area contributed by atoms with Crippen LogP contribution >= 0.6 is 0 Å². The van der Waals surface area contributed by atoms with E-state index < -0.39 is 0 Å². The van der Waals surface area contributed by atoms with Gasteiger partial charge in [0.1, 0.15) is 6.17 Å². The van der Waals surface area contributed by atoms with E-state index in [1.165, 1.54) is 0 Å². The molecule has 2 aromatic rings. The highest BCUT2D eigenvalue weighted by molar-refractivity contribution is 6.01. The number of nitrogens with zero attached hydrogens (tertiary/aromatic N) is 1. The van der Waals surface area contributed by atoms with Crippen LogP contribution in [0.4, 0.5) is 5.69 Å². The van der Waals surface area contributed by atoms with E-state index in [4.69, 9.17) is 9.47 Å². The van der Waals surface area contributed by atoms with Crippen molar-refractivity contribution in [1.82, 2.24) is 4.90 Å². The summed E-state index contributed by atoms with van der Waals surface area (Å²) in [4.78, 5) is 14.8. The number of fused-ring (bicyclic) bond motifs is 1. The molecule has 3 rings (SSSR count). The summed E-state index contributed by atoms with van der Waals surface area (Å²) in [5, 5.41) is 3.47. The molecule has 1 amide bonds. The predicted molar refractivity (Wildman–Crippen MR) is 93.7 cm³/mol. The first-order valence-electron chi connectivity index (χ1n) is 8.08. The Bertz CT molecular complexity index is 745. The molecule has 2 aromatic carbocycles. The number of methoxy groups -OCH3 is 2. The molecule has 0 radical (unpaired) electrons. The third kappa shape index (κ3) is 2.66. The first-order valence-corrected chi connectivity index (χ1v) is 8.08. The van der Waals surface area contributed by atoms with Gasteiger partial charge in [-0.15, -0.1) is 0 Å². The van der Waals surface area contributed by atoms with E-state index >= 15 is 0 Å². The van der Waals surface area contributed by atoms with E-state index in [0.717, 1.165) is 17.7 Å². The number of nitrogens with one attached hydrogen (secondary N) is 1. The smallest absolute Gasteiger partial charge is 0.257 e. The molecule has 24 heavy (non-hydrogen) atoms. The van der Waals surface area contributed by atoms with Gasteiger partial charge in [-0.2, -0.15) is 0 Å². The van der Waals surface area contributed by atoms with E-state index in [2.05, 4.69) is 12.2 Å². The number of hydrogen-bond acceptors (Lipinski definition) is 4. The van der Waals surface area contributed by atoms with Gasteiger partial charge >= 0.3 is 0 Å². The molecule has 0 saturated heterocycles. The van der Waals surface area contributed by atoms with Gasteiger partial charge in [-0.3, -0.25) is 4.79 Å². The van der Waals surface area contributed by atoms with Crippen LogP contribution in [-0.2, 0) is 0 Å². The van der Waals surface area contributed by atoms with Crippen molar-refractivity contribution in [2.75, 3.05) is 26.1 Å². The van der Waals surface area contributed by atoms with Crippen LogP contribution in [0.5, 0.6) is 11.5 Å². The normalized spacial score (nSPS) is 16.4. The molecule has 0 spiro atoms. The van der Waals surface area contributed by atoms with Gasteiger partial charge < -0.3 is 19.7 Å². The minimum absolute atomic E-state index is 0.0288. The van der Waals surface area contributed by atoms with E-state index in [-0.39, 0.29) is 12.1 Å².